The van der Waals surface area contributed by atoms with Crippen LogP contribution in [-0.2, 0) is 17.8 Å². The minimum atomic E-state index is -0.301. The van der Waals surface area contributed by atoms with Gasteiger partial charge in [0.2, 0.25) is 0 Å². The lowest BCUT2D eigenvalue weighted by molar-refractivity contribution is 0.0943. The number of hydrogen-bond donors (Lipinski definition) is 3. The van der Waals surface area contributed by atoms with E-state index in [-0.39, 0.29) is 5.91 Å². The fourth-order valence-corrected chi connectivity index (χ4v) is 2.90. The van der Waals surface area contributed by atoms with Gasteiger partial charge in [0.25, 0.3) is 5.91 Å². The molecule has 0 aliphatic rings. The Hall–Kier alpha value is -2.64. The fourth-order valence-electron chi connectivity index (χ4n) is 2.73. The molecular formula is C22H29N3O3S. The Morgan fingerprint density at radius 2 is 1.83 bits per heavy atom. The minimum Gasteiger partial charge on any atom is -0.496 e. The molecule has 156 valence electrons. The van der Waals surface area contributed by atoms with Gasteiger partial charge in [-0.15, -0.1) is 0 Å². The second-order valence-corrected chi connectivity index (χ2v) is 6.91. The molecule has 6 nitrogen and oxygen atoms in total. The van der Waals surface area contributed by atoms with E-state index in [1.807, 2.05) is 19.1 Å². The number of hydrazine groups is 1. The lowest BCUT2D eigenvalue weighted by Gasteiger charge is -2.13. The summed E-state index contributed by atoms with van der Waals surface area (Å²) in [6.07, 6.45) is 3.42. The Balaban J connectivity index is 1.88. The maximum Gasteiger partial charge on any atom is 0.269 e. The smallest absolute Gasteiger partial charge is 0.269 e. The first-order chi connectivity index (χ1) is 14.1. The van der Waals surface area contributed by atoms with Crippen molar-refractivity contribution in [2.45, 2.75) is 39.7 Å². The van der Waals surface area contributed by atoms with Crippen molar-refractivity contribution in [3.63, 3.8) is 0 Å². The van der Waals surface area contributed by atoms with Gasteiger partial charge >= 0.3 is 0 Å². The zero-order valence-corrected chi connectivity index (χ0v) is 18.0. The van der Waals surface area contributed by atoms with Crippen molar-refractivity contribution in [1.82, 2.24) is 10.9 Å². The van der Waals surface area contributed by atoms with Crippen LogP contribution >= 0.6 is 12.2 Å². The summed E-state index contributed by atoms with van der Waals surface area (Å²) < 4.78 is 10.7. The molecule has 2 aromatic rings. The number of nitrogens with one attached hydrogen (secondary N) is 3. The molecular weight excluding hydrogens is 386 g/mol. The van der Waals surface area contributed by atoms with Crippen molar-refractivity contribution in [2.75, 3.05) is 19.0 Å². The van der Waals surface area contributed by atoms with Crippen LogP contribution in [-0.4, -0.2) is 24.7 Å². The number of anilines is 1. The average molecular weight is 416 g/mol. The molecule has 0 aliphatic heterocycles. The molecule has 0 fully saturated rings. The van der Waals surface area contributed by atoms with Crippen molar-refractivity contribution < 1.29 is 14.3 Å². The number of amides is 1. The highest BCUT2D eigenvalue weighted by atomic mass is 32.1. The monoisotopic (exact) mass is 415 g/mol. The summed E-state index contributed by atoms with van der Waals surface area (Å²) in [7, 11) is 1.59. The molecule has 3 N–H and O–H groups in total. The third-order valence-electron chi connectivity index (χ3n) is 4.32. The second-order valence-electron chi connectivity index (χ2n) is 6.50. The summed E-state index contributed by atoms with van der Waals surface area (Å²) in [4.78, 5) is 12.4. The van der Waals surface area contributed by atoms with E-state index in [9.17, 15) is 4.79 Å². The van der Waals surface area contributed by atoms with E-state index < -0.39 is 0 Å². The molecule has 0 bridgehead atoms. The molecule has 0 heterocycles. The van der Waals surface area contributed by atoms with Crippen LogP contribution in [0.25, 0.3) is 0 Å². The zero-order valence-electron chi connectivity index (χ0n) is 17.2. The lowest BCUT2D eigenvalue weighted by Crippen LogP contribution is -2.43. The number of rotatable bonds is 9. The normalized spacial score (nSPS) is 10.3. The number of unbranched alkanes of at least 4 members (excludes halogenated alkanes) is 1. The van der Waals surface area contributed by atoms with Crippen LogP contribution in [0.2, 0.25) is 0 Å². The van der Waals surface area contributed by atoms with Gasteiger partial charge < -0.3 is 14.8 Å². The highest BCUT2D eigenvalue weighted by molar-refractivity contribution is 7.80. The highest BCUT2D eigenvalue weighted by Crippen LogP contribution is 2.21. The fraction of sp³-hybridized carbons (Fsp3) is 0.364. The molecule has 0 aliphatic carbocycles. The maximum absolute atomic E-state index is 12.4. The van der Waals surface area contributed by atoms with Gasteiger partial charge in [-0.25, -0.2) is 0 Å². The molecule has 0 unspecified atom stereocenters. The molecule has 0 radical (unpaired) electrons. The topological polar surface area (TPSA) is 71.6 Å². The van der Waals surface area contributed by atoms with E-state index in [4.69, 9.17) is 21.7 Å². The summed E-state index contributed by atoms with van der Waals surface area (Å²) in [5, 5.41) is 3.36. The molecule has 2 aromatic carbocycles. The first kappa shape index (κ1) is 22.6. The Bertz CT molecular complexity index is 809. The molecule has 0 saturated heterocycles. The highest BCUT2D eigenvalue weighted by Gasteiger charge is 2.11. The summed E-state index contributed by atoms with van der Waals surface area (Å²) in [5.74, 6) is 0.381. The third kappa shape index (κ3) is 7.36. The number of hydrogen-bond acceptors (Lipinski definition) is 4. The molecule has 2 rings (SSSR count). The predicted octanol–water partition coefficient (Wildman–Crippen LogP) is 4.21. The summed E-state index contributed by atoms with van der Waals surface area (Å²) in [6, 6.07) is 13.3. The van der Waals surface area contributed by atoms with Gasteiger partial charge in [-0.1, -0.05) is 25.5 Å². The molecule has 0 spiro atoms. The molecule has 0 aromatic heterocycles. The van der Waals surface area contributed by atoms with Crippen LogP contribution < -0.4 is 20.9 Å². The van der Waals surface area contributed by atoms with Crippen LogP contribution in [0.3, 0.4) is 0 Å². The zero-order chi connectivity index (χ0) is 21.1. The van der Waals surface area contributed by atoms with E-state index >= 15 is 0 Å². The Morgan fingerprint density at radius 3 is 2.48 bits per heavy atom. The number of methoxy groups -OCH3 is 1. The van der Waals surface area contributed by atoms with E-state index in [1.54, 1.807) is 25.3 Å². The molecule has 1 amide bonds. The summed E-state index contributed by atoms with van der Waals surface area (Å²) in [5.41, 5.74) is 8.79. The Morgan fingerprint density at radius 1 is 1.07 bits per heavy atom. The number of ether oxygens (including phenoxy) is 2. The van der Waals surface area contributed by atoms with Crippen molar-refractivity contribution >= 4 is 28.9 Å². The van der Waals surface area contributed by atoms with Gasteiger partial charge in [-0.2, -0.15) is 0 Å². The maximum atomic E-state index is 12.4. The van der Waals surface area contributed by atoms with Gasteiger partial charge in [0, 0.05) is 23.4 Å². The van der Waals surface area contributed by atoms with Crippen LogP contribution in [0.5, 0.6) is 5.75 Å². The first-order valence-corrected chi connectivity index (χ1v) is 10.2. The summed E-state index contributed by atoms with van der Waals surface area (Å²) >= 11 is 5.25. The van der Waals surface area contributed by atoms with Crippen LogP contribution in [0, 0.1) is 0 Å². The van der Waals surface area contributed by atoms with E-state index in [0.717, 1.165) is 17.7 Å². The quantitative estimate of drug-likeness (QED) is 0.421. The molecule has 7 heteroatoms. The SMILES string of the molecule is CCCCc1ccc(NC(=S)NNC(=O)c2ccc(OC)c(COCC)c2)cc1. The van der Waals surface area contributed by atoms with Crippen LogP contribution in [0.15, 0.2) is 42.5 Å². The van der Waals surface area contributed by atoms with Gasteiger partial charge in [-0.05, 0) is 67.9 Å². The number of carbonyl (C=O) groups excluding carboxylic acids is 1. The number of thiocarbonyl (C=S) groups is 1. The largest absolute Gasteiger partial charge is 0.496 e. The Labute approximate surface area is 178 Å². The van der Waals surface area contributed by atoms with Crippen molar-refractivity contribution in [3.8, 4) is 5.75 Å². The standard InChI is InChI=1S/C22H29N3O3S/c1-4-6-7-16-8-11-19(12-9-16)23-22(29)25-24-21(26)17-10-13-20(27-3)18(14-17)15-28-5-2/h8-14H,4-7,15H2,1-3H3,(H,24,26)(H2,23,25,29). The predicted molar refractivity (Wildman–Crippen MR) is 120 cm³/mol. The average Bonchev–Trinajstić information content (AvgIpc) is 2.75. The summed E-state index contributed by atoms with van der Waals surface area (Å²) in [6.45, 7) is 5.06. The van der Waals surface area contributed by atoms with Crippen LogP contribution in [0.4, 0.5) is 5.69 Å². The van der Waals surface area contributed by atoms with E-state index in [0.29, 0.717) is 29.6 Å². The van der Waals surface area contributed by atoms with E-state index in [1.165, 1.54) is 18.4 Å². The molecule has 29 heavy (non-hydrogen) atoms. The number of aryl methyl sites for hydroxylation is 1. The van der Waals surface area contributed by atoms with Crippen molar-refractivity contribution in [3.05, 3.63) is 59.2 Å². The third-order valence-corrected chi connectivity index (χ3v) is 4.53. The lowest BCUT2D eigenvalue weighted by atomic mass is 10.1. The van der Waals surface area contributed by atoms with Gasteiger partial charge in [0.15, 0.2) is 5.11 Å². The van der Waals surface area contributed by atoms with Crippen LogP contribution in [0.1, 0.15) is 48.2 Å². The Kier molecular flexibility index (Phi) is 9.40. The second kappa shape index (κ2) is 12.0. The van der Waals surface area contributed by atoms with Gasteiger partial charge in [0.05, 0.1) is 13.7 Å². The molecule has 0 saturated carbocycles. The van der Waals surface area contributed by atoms with Crippen molar-refractivity contribution in [1.29, 1.82) is 0 Å². The number of benzene rings is 2. The van der Waals surface area contributed by atoms with Gasteiger partial charge in [0.1, 0.15) is 5.75 Å². The first-order valence-electron chi connectivity index (χ1n) is 9.78. The van der Waals surface area contributed by atoms with Gasteiger partial charge in [-0.3, -0.25) is 15.6 Å². The van der Waals surface area contributed by atoms with E-state index in [2.05, 4.69) is 35.2 Å². The number of carbonyl (C=O) groups is 1. The molecule has 0 atom stereocenters. The minimum absolute atomic E-state index is 0.301. The van der Waals surface area contributed by atoms with Crippen molar-refractivity contribution in [2.24, 2.45) is 0 Å².